The molecule has 1 aromatic rings. The first kappa shape index (κ1) is 9.53. The third kappa shape index (κ3) is 2.19. The molecule has 0 unspecified atom stereocenters. The Hall–Kier alpha value is -1.56. The van der Waals surface area contributed by atoms with Gasteiger partial charge in [0.15, 0.2) is 5.82 Å². The van der Waals surface area contributed by atoms with Gasteiger partial charge in [0.1, 0.15) is 5.69 Å². The number of nitrogens with zero attached hydrogens (tertiary/aromatic N) is 2. The van der Waals surface area contributed by atoms with Gasteiger partial charge in [-0.1, -0.05) is 0 Å². The van der Waals surface area contributed by atoms with Gasteiger partial charge in [-0.2, -0.15) is 5.10 Å². The lowest BCUT2D eigenvalue weighted by Crippen LogP contribution is -2.09. The Morgan fingerprint density at radius 2 is 2.54 bits per heavy atom. The molecule has 0 aliphatic carbocycles. The minimum absolute atomic E-state index is 0.220. The van der Waals surface area contributed by atoms with E-state index in [2.05, 4.69) is 10.2 Å². The lowest BCUT2D eigenvalue weighted by Gasteiger charge is -2.02. The molecule has 72 valence electrons. The Morgan fingerprint density at radius 3 is 3.00 bits per heavy atom. The number of carbonyl (C=O) groups excluding carboxylic acids is 1. The molecule has 13 heavy (non-hydrogen) atoms. The molecule has 1 aromatic heterocycles. The number of nitrogens with one attached hydrogen (secondary N) is 1. The van der Waals surface area contributed by atoms with Crippen LogP contribution in [-0.4, -0.2) is 35.0 Å². The van der Waals surface area contributed by atoms with E-state index in [4.69, 9.17) is 9.94 Å². The molecule has 0 radical (unpaired) electrons. The highest BCUT2D eigenvalue weighted by molar-refractivity contribution is 5.88. The van der Waals surface area contributed by atoms with E-state index in [0.29, 0.717) is 6.61 Å². The van der Waals surface area contributed by atoms with Crippen molar-refractivity contribution < 1.29 is 14.7 Å². The maximum absolute atomic E-state index is 11.1. The van der Waals surface area contributed by atoms with Gasteiger partial charge in [-0.05, 0) is 6.92 Å². The second-order valence-corrected chi connectivity index (χ2v) is 2.38. The van der Waals surface area contributed by atoms with Crippen LogP contribution in [0.1, 0.15) is 17.4 Å². The van der Waals surface area contributed by atoms with E-state index in [1.165, 1.54) is 13.1 Å². The molecule has 1 rings (SSSR count). The number of hydrogen-bond acceptors (Lipinski definition) is 5. The molecular weight excluding hydrogens is 174 g/mol. The van der Waals surface area contributed by atoms with Crippen LogP contribution in [0, 0.1) is 0 Å². The first-order valence-electron chi connectivity index (χ1n) is 3.80. The van der Waals surface area contributed by atoms with Crippen molar-refractivity contribution in [2.45, 2.75) is 6.92 Å². The van der Waals surface area contributed by atoms with Crippen LogP contribution in [0.4, 0.5) is 5.82 Å². The van der Waals surface area contributed by atoms with Crippen LogP contribution >= 0.6 is 0 Å². The topological polar surface area (TPSA) is 78.4 Å². The SMILES string of the molecule is CCOC(=O)c1cc(N(C)O)n[nH]1. The van der Waals surface area contributed by atoms with Crippen LogP contribution in [0.25, 0.3) is 0 Å². The van der Waals surface area contributed by atoms with Crippen molar-refractivity contribution in [3.05, 3.63) is 11.8 Å². The summed E-state index contributed by atoms with van der Waals surface area (Å²) in [6.45, 7) is 2.02. The molecule has 2 N–H and O–H groups in total. The minimum Gasteiger partial charge on any atom is -0.461 e. The third-order valence-corrected chi connectivity index (χ3v) is 1.39. The number of ether oxygens (including phenoxy) is 1. The Bertz CT molecular complexity index is 295. The second-order valence-electron chi connectivity index (χ2n) is 2.38. The van der Waals surface area contributed by atoms with E-state index in [1.807, 2.05) is 0 Å². The van der Waals surface area contributed by atoms with Gasteiger partial charge in [-0.3, -0.25) is 10.3 Å². The fourth-order valence-electron chi connectivity index (χ4n) is 0.790. The maximum Gasteiger partial charge on any atom is 0.356 e. The number of esters is 1. The number of aromatic nitrogens is 2. The van der Waals surface area contributed by atoms with Crippen LogP contribution in [0.3, 0.4) is 0 Å². The zero-order valence-electron chi connectivity index (χ0n) is 7.44. The lowest BCUT2D eigenvalue weighted by molar-refractivity contribution is 0.0519. The molecule has 6 heteroatoms. The molecule has 0 atom stereocenters. The average Bonchev–Trinajstić information content (AvgIpc) is 2.52. The van der Waals surface area contributed by atoms with Gasteiger partial charge < -0.3 is 4.74 Å². The largest absolute Gasteiger partial charge is 0.461 e. The monoisotopic (exact) mass is 185 g/mol. The highest BCUT2D eigenvalue weighted by Gasteiger charge is 2.11. The van der Waals surface area contributed by atoms with E-state index in [1.54, 1.807) is 6.92 Å². The first-order valence-corrected chi connectivity index (χ1v) is 3.80. The van der Waals surface area contributed by atoms with Gasteiger partial charge in [0.25, 0.3) is 0 Å². The Balaban J connectivity index is 2.73. The summed E-state index contributed by atoms with van der Waals surface area (Å²) in [5, 5.41) is 15.9. The molecule has 6 nitrogen and oxygen atoms in total. The van der Waals surface area contributed by atoms with Crippen molar-refractivity contribution in [2.24, 2.45) is 0 Å². The quantitative estimate of drug-likeness (QED) is 0.526. The fourth-order valence-corrected chi connectivity index (χ4v) is 0.790. The highest BCUT2D eigenvalue weighted by Crippen LogP contribution is 2.08. The van der Waals surface area contributed by atoms with Crippen LogP contribution < -0.4 is 5.06 Å². The number of hydroxylamine groups is 1. The summed E-state index contributed by atoms with van der Waals surface area (Å²) in [7, 11) is 1.41. The second kappa shape index (κ2) is 3.90. The van der Waals surface area contributed by atoms with Crippen molar-refractivity contribution in [3.8, 4) is 0 Å². The van der Waals surface area contributed by atoms with Gasteiger partial charge in [0.2, 0.25) is 0 Å². The third-order valence-electron chi connectivity index (χ3n) is 1.39. The molecule has 0 spiro atoms. The summed E-state index contributed by atoms with van der Waals surface area (Å²) < 4.78 is 4.71. The Morgan fingerprint density at radius 1 is 1.85 bits per heavy atom. The standard InChI is InChI=1S/C7H11N3O3/c1-3-13-7(11)5-4-6(9-8-5)10(2)12/h4,12H,3H2,1-2H3,(H,8,9). The van der Waals surface area contributed by atoms with E-state index in [0.717, 1.165) is 5.06 Å². The lowest BCUT2D eigenvalue weighted by atomic mass is 10.4. The molecule has 0 saturated carbocycles. The smallest absolute Gasteiger partial charge is 0.356 e. The van der Waals surface area contributed by atoms with Gasteiger partial charge in [-0.15, -0.1) is 0 Å². The number of anilines is 1. The number of hydrogen-bond donors (Lipinski definition) is 2. The van der Waals surface area contributed by atoms with E-state index in [9.17, 15) is 4.79 Å². The van der Waals surface area contributed by atoms with Crippen LogP contribution in [0.2, 0.25) is 0 Å². The summed E-state index contributed by atoms with van der Waals surface area (Å²) in [5.41, 5.74) is 0.220. The average molecular weight is 185 g/mol. The van der Waals surface area contributed by atoms with Crippen LogP contribution in [-0.2, 0) is 4.74 Å². The van der Waals surface area contributed by atoms with Gasteiger partial charge >= 0.3 is 5.97 Å². The van der Waals surface area contributed by atoms with Gasteiger partial charge in [0, 0.05) is 13.1 Å². The molecule has 0 bridgehead atoms. The van der Waals surface area contributed by atoms with Crippen molar-refractivity contribution in [1.29, 1.82) is 0 Å². The molecular formula is C7H11N3O3. The summed E-state index contributed by atoms with van der Waals surface area (Å²) in [6.07, 6.45) is 0. The van der Waals surface area contributed by atoms with Crippen molar-refractivity contribution in [2.75, 3.05) is 18.7 Å². The molecule has 0 aliphatic heterocycles. The van der Waals surface area contributed by atoms with E-state index >= 15 is 0 Å². The zero-order chi connectivity index (χ0) is 9.84. The molecule has 0 amide bonds. The summed E-state index contributed by atoms with van der Waals surface area (Å²) >= 11 is 0. The maximum atomic E-state index is 11.1. The molecule has 0 fully saturated rings. The molecule has 1 heterocycles. The fraction of sp³-hybridized carbons (Fsp3) is 0.429. The Kier molecular flexibility index (Phi) is 2.86. The van der Waals surface area contributed by atoms with E-state index < -0.39 is 5.97 Å². The molecule has 0 aliphatic rings. The zero-order valence-corrected chi connectivity index (χ0v) is 7.44. The van der Waals surface area contributed by atoms with E-state index in [-0.39, 0.29) is 11.5 Å². The minimum atomic E-state index is -0.483. The number of aromatic amines is 1. The van der Waals surface area contributed by atoms with Gasteiger partial charge in [-0.25, -0.2) is 9.86 Å². The molecule has 0 saturated heterocycles. The van der Waals surface area contributed by atoms with Crippen molar-refractivity contribution in [3.63, 3.8) is 0 Å². The van der Waals surface area contributed by atoms with Crippen LogP contribution in [0.5, 0.6) is 0 Å². The van der Waals surface area contributed by atoms with Crippen LogP contribution in [0.15, 0.2) is 6.07 Å². The summed E-state index contributed by atoms with van der Waals surface area (Å²) in [5.74, 6) is -0.217. The number of carbonyl (C=O) groups is 1. The molecule has 0 aromatic carbocycles. The summed E-state index contributed by atoms with van der Waals surface area (Å²) in [4.78, 5) is 11.1. The highest BCUT2D eigenvalue weighted by atomic mass is 16.5. The Labute approximate surface area is 75.1 Å². The predicted octanol–water partition coefficient (Wildman–Crippen LogP) is 0.412. The van der Waals surface area contributed by atoms with Gasteiger partial charge in [0.05, 0.1) is 6.61 Å². The van der Waals surface area contributed by atoms with Crippen molar-refractivity contribution in [1.82, 2.24) is 10.2 Å². The number of H-pyrrole nitrogens is 1. The number of rotatable bonds is 3. The first-order chi connectivity index (χ1) is 6.15. The summed E-state index contributed by atoms with van der Waals surface area (Å²) in [6, 6.07) is 1.40. The normalized spacial score (nSPS) is 9.77. The predicted molar refractivity (Wildman–Crippen MR) is 44.7 cm³/mol. The van der Waals surface area contributed by atoms with Crippen molar-refractivity contribution >= 4 is 11.8 Å².